The largest absolute Gasteiger partial charge is 0.490 e. The number of sulfonamides is 1. The number of aliphatic carboxylic acids is 1. The Balaban J connectivity index is 0.00000107. The average Bonchev–Trinajstić information content (AvgIpc) is 3.47. The van der Waals surface area contributed by atoms with Gasteiger partial charge in [-0.2, -0.15) is 17.9 Å². The number of alkyl halides is 3. The standard InChI is InChI=1S/C29H38N6O5S2.C2HF3O2/c1-16(2)22(30)15-40-28(37)23(35-42(38,39)26-18(4)11-17(3)12-19(26)5)14-33-27(36)25-10-9-24(41-25)20-7-6-8-21(13-20)34-29(31)32;3-2(4,5)1(6)7/h6-13,16,22-23,35H,14-15,30H2,1-5H3,(H,33,36)(H4,31,32,34);(H,6,7). The third kappa shape index (κ3) is 12.5. The Kier molecular flexibility index (Phi) is 14.3. The molecular formula is C31H39F3N6O7S2. The highest BCUT2D eigenvalue weighted by Gasteiger charge is 2.38. The van der Waals surface area contributed by atoms with Gasteiger partial charge in [-0.1, -0.05) is 43.7 Å². The third-order valence-corrected chi connectivity index (χ3v) is 9.60. The lowest BCUT2D eigenvalue weighted by molar-refractivity contribution is -0.192. The Morgan fingerprint density at radius 1 is 1.04 bits per heavy atom. The number of hydrogen-bond acceptors (Lipinski definition) is 9. The molecule has 1 amide bonds. The fraction of sp³-hybridized carbons (Fsp3) is 0.355. The van der Waals surface area contributed by atoms with Crippen LogP contribution in [0.4, 0.5) is 18.9 Å². The van der Waals surface area contributed by atoms with Crippen LogP contribution in [0.1, 0.15) is 40.2 Å². The van der Waals surface area contributed by atoms with E-state index in [4.69, 9.17) is 31.5 Å². The molecule has 3 rings (SSSR count). The number of rotatable bonds is 12. The molecule has 13 nitrogen and oxygen atoms in total. The number of anilines is 1. The Labute approximate surface area is 285 Å². The van der Waals surface area contributed by atoms with Gasteiger partial charge >= 0.3 is 18.1 Å². The Morgan fingerprint density at radius 3 is 2.16 bits per heavy atom. The van der Waals surface area contributed by atoms with Gasteiger partial charge in [-0.3, -0.25) is 15.0 Å². The van der Waals surface area contributed by atoms with Crippen molar-refractivity contribution in [3.05, 3.63) is 70.1 Å². The number of carbonyl (C=O) groups excluding carboxylic acids is 2. The fourth-order valence-electron chi connectivity index (χ4n) is 4.28. The topological polar surface area (TPSA) is 227 Å². The predicted octanol–water partition coefficient (Wildman–Crippen LogP) is 3.88. The molecular weight excluding hydrogens is 690 g/mol. The summed E-state index contributed by atoms with van der Waals surface area (Å²) in [6, 6.07) is 12.3. The lowest BCUT2D eigenvalue weighted by Gasteiger charge is -2.22. The minimum atomic E-state index is -5.08. The van der Waals surface area contributed by atoms with Crippen LogP contribution >= 0.6 is 11.3 Å². The summed E-state index contributed by atoms with van der Waals surface area (Å²) < 4.78 is 66.4. The number of esters is 1. The summed E-state index contributed by atoms with van der Waals surface area (Å²) in [6.07, 6.45) is -5.08. The van der Waals surface area contributed by atoms with E-state index in [9.17, 15) is 31.2 Å². The predicted molar refractivity (Wildman–Crippen MR) is 180 cm³/mol. The molecule has 3 aromatic rings. The number of hydrogen-bond donors (Lipinski definition) is 7. The highest BCUT2D eigenvalue weighted by atomic mass is 32.2. The van der Waals surface area contributed by atoms with Crippen LogP contribution in [0.3, 0.4) is 0 Å². The number of benzene rings is 2. The number of thiophene rings is 1. The van der Waals surface area contributed by atoms with Crippen LogP contribution in [-0.2, 0) is 24.3 Å². The molecule has 0 bridgehead atoms. The van der Waals surface area contributed by atoms with Gasteiger partial charge in [-0.25, -0.2) is 13.2 Å². The molecule has 0 aliphatic heterocycles. The Morgan fingerprint density at radius 2 is 1.63 bits per heavy atom. The number of halogens is 3. The van der Waals surface area contributed by atoms with Crippen molar-refractivity contribution in [3.8, 4) is 10.4 Å². The fourth-order valence-corrected chi connectivity index (χ4v) is 6.84. The molecule has 0 saturated carbocycles. The molecule has 268 valence electrons. The molecule has 49 heavy (non-hydrogen) atoms. The molecule has 1 heterocycles. The zero-order valence-electron chi connectivity index (χ0n) is 27.3. The van der Waals surface area contributed by atoms with Crippen molar-refractivity contribution in [2.45, 2.75) is 57.8 Å². The van der Waals surface area contributed by atoms with Gasteiger partial charge in [0, 0.05) is 23.2 Å². The maximum Gasteiger partial charge on any atom is 0.490 e. The maximum atomic E-state index is 13.4. The highest BCUT2D eigenvalue weighted by Crippen LogP contribution is 2.30. The monoisotopic (exact) mass is 728 g/mol. The molecule has 0 fully saturated rings. The second-order valence-corrected chi connectivity index (χ2v) is 14.0. The lowest BCUT2D eigenvalue weighted by atomic mass is 10.1. The van der Waals surface area contributed by atoms with Crippen molar-refractivity contribution in [2.24, 2.45) is 17.4 Å². The molecule has 9 N–H and O–H groups in total. The van der Waals surface area contributed by atoms with E-state index in [2.05, 4.69) is 15.4 Å². The van der Waals surface area contributed by atoms with Crippen molar-refractivity contribution < 1.29 is 45.8 Å². The zero-order chi connectivity index (χ0) is 37.3. The average molecular weight is 729 g/mol. The molecule has 2 aromatic carbocycles. The minimum absolute atomic E-state index is 0.0393. The molecule has 0 aliphatic carbocycles. The van der Waals surface area contributed by atoms with Crippen molar-refractivity contribution in [1.82, 2.24) is 10.0 Å². The molecule has 1 aromatic heterocycles. The SMILES string of the molecule is Cc1cc(C)c(S(=O)(=O)NC(CNC(=O)c2ccc(-c3cccc(NC(=N)N)c3)s2)C(=O)OCC(N)C(C)C)c(C)c1.O=C(O)C(F)(F)F. The number of nitrogens with one attached hydrogen (secondary N) is 4. The van der Waals surface area contributed by atoms with E-state index in [1.54, 1.807) is 56.3 Å². The second-order valence-electron chi connectivity index (χ2n) is 11.2. The number of aryl methyl sites for hydroxylation is 3. The smallest absolute Gasteiger partial charge is 0.475 e. The van der Waals surface area contributed by atoms with Gasteiger partial charge in [0.15, 0.2) is 5.96 Å². The Hall–Kier alpha value is -4.52. The van der Waals surface area contributed by atoms with Gasteiger partial charge in [0.05, 0.1) is 9.77 Å². The minimum Gasteiger partial charge on any atom is -0.475 e. The third-order valence-electron chi connectivity index (χ3n) is 6.69. The summed E-state index contributed by atoms with van der Waals surface area (Å²) in [5, 5.41) is 19.9. The van der Waals surface area contributed by atoms with Crippen LogP contribution in [0.25, 0.3) is 10.4 Å². The number of guanidine groups is 1. The van der Waals surface area contributed by atoms with E-state index in [1.165, 1.54) is 11.3 Å². The summed E-state index contributed by atoms with van der Waals surface area (Å²) in [6.45, 7) is 8.56. The number of nitrogens with two attached hydrogens (primary N) is 2. The van der Waals surface area contributed by atoms with Crippen LogP contribution < -0.4 is 26.8 Å². The first-order chi connectivity index (χ1) is 22.6. The normalized spacial score (nSPS) is 12.7. The molecule has 2 atom stereocenters. The summed E-state index contributed by atoms with van der Waals surface area (Å²) in [5.41, 5.74) is 14.8. The van der Waals surface area contributed by atoms with Crippen LogP contribution in [-0.4, -0.2) is 68.7 Å². The quantitative estimate of drug-likeness (QED) is 0.0809. The van der Waals surface area contributed by atoms with Crippen molar-refractivity contribution in [3.63, 3.8) is 0 Å². The summed E-state index contributed by atoms with van der Waals surface area (Å²) in [7, 11) is -4.16. The van der Waals surface area contributed by atoms with E-state index >= 15 is 0 Å². The highest BCUT2D eigenvalue weighted by molar-refractivity contribution is 7.89. The first-order valence-corrected chi connectivity index (χ1v) is 16.8. The van der Waals surface area contributed by atoms with E-state index in [1.807, 2.05) is 26.8 Å². The Bertz CT molecular complexity index is 1760. The summed E-state index contributed by atoms with van der Waals surface area (Å²) in [5.74, 6) is -4.24. The van der Waals surface area contributed by atoms with Gasteiger partial charge in [-0.15, -0.1) is 11.3 Å². The number of amides is 1. The van der Waals surface area contributed by atoms with Crippen LogP contribution in [0.5, 0.6) is 0 Å². The van der Waals surface area contributed by atoms with E-state index in [-0.39, 0.29) is 29.9 Å². The number of carboxylic acid groups (broad SMARTS) is 1. The van der Waals surface area contributed by atoms with Crippen molar-refractivity contribution in [1.29, 1.82) is 5.41 Å². The first kappa shape index (κ1) is 40.7. The van der Waals surface area contributed by atoms with Gasteiger partial charge in [0.25, 0.3) is 5.91 Å². The number of ether oxygens (including phenoxy) is 1. The van der Waals surface area contributed by atoms with Gasteiger partial charge in [0.2, 0.25) is 10.0 Å². The molecule has 0 aliphatic rings. The van der Waals surface area contributed by atoms with Gasteiger partial charge in [0.1, 0.15) is 12.6 Å². The number of carbonyl (C=O) groups is 3. The molecule has 2 unspecified atom stereocenters. The van der Waals surface area contributed by atoms with Gasteiger partial charge < -0.3 is 31.9 Å². The van der Waals surface area contributed by atoms with E-state index in [0.29, 0.717) is 21.7 Å². The molecule has 0 saturated heterocycles. The first-order valence-electron chi connectivity index (χ1n) is 14.5. The molecule has 0 spiro atoms. The van der Waals surface area contributed by atoms with Crippen LogP contribution in [0.15, 0.2) is 53.4 Å². The lowest BCUT2D eigenvalue weighted by Crippen LogP contribution is -2.50. The van der Waals surface area contributed by atoms with E-state index in [0.717, 1.165) is 16.0 Å². The van der Waals surface area contributed by atoms with Crippen LogP contribution in [0, 0.1) is 32.1 Å². The molecule has 0 radical (unpaired) electrons. The van der Waals surface area contributed by atoms with E-state index < -0.39 is 46.1 Å². The molecule has 18 heteroatoms. The second kappa shape index (κ2) is 17.2. The van der Waals surface area contributed by atoms with Crippen molar-refractivity contribution in [2.75, 3.05) is 18.5 Å². The summed E-state index contributed by atoms with van der Waals surface area (Å²) >= 11 is 1.22. The number of carboxylic acids is 1. The maximum absolute atomic E-state index is 13.4. The summed E-state index contributed by atoms with van der Waals surface area (Å²) in [4.78, 5) is 36.2. The van der Waals surface area contributed by atoms with Crippen molar-refractivity contribution >= 4 is 50.9 Å². The zero-order valence-corrected chi connectivity index (χ0v) is 28.9. The van der Waals surface area contributed by atoms with Gasteiger partial charge in [-0.05, 0) is 67.6 Å². The van der Waals surface area contributed by atoms with Crippen LogP contribution in [0.2, 0.25) is 0 Å².